The Hall–Kier alpha value is -1.09. The zero-order valence-corrected chi connectivity index (χ0v) is 7.04. The molecule has 64 valence electrons. The topological polar surface area (TPSA) is 45.2 Å². The van der Waals surface area contributed by atoms with E-state index >= 15 is 0 Å². The minimum Gasteiger partial charge on any atom is -0.506 e. The molecule has 0 fully saturated rings. The molecule has 0 aliphatic carbocycles. The Morgan fingerprint density at radius 1 is 1.67 bits per heavy atom. The minimum absolute atomic E-state index is 0.255. The maximum atomic E-state index is 9.16. The van der Waals surface area contributed by atoms with E-state index in [0.717, 1.165) is 24.2 Å². The quantitative estimate of drug-likeness (QED) is 0.596. The molecule has 0 saturated carbocycles. The van der Waals surface area contributed by atoms with E-state index in [-0.39, 0.29) is 5.75 Å². The van der Waals surface area contributed by atoms with Crippen molar-refractivity contribution < 1.29 is 5.11 Å². The Bertz CT molecular complexity index is 299. The molecule has 2 rings (SSSR count). The first-order valence-electron chi connectivity index (χ1n) is 4.16. The highest BCUT2D eigenvalue weighted by molar-refractivity contribution is 5.30. The van der Waals surface area contributed by atoms with Crippen LogP contribution in [0, 0.1) is 0 Å². The molecule has 12 heavy (non-hydrogen) atoms. The van der Waals surface area contributed by atoms with Gasteiger partial charge in [-0.05, 0) is 18.6 Å². The molecular weight excluding hydrogens is 152 g/mol. The summed E-state index contributed by atoms with van der Waals surface area (Å²) in [6, 6.07) is 2.27. The van der Waals surface area contributed by atoms with Gasteiger partial charge in [0.25, 0.3) is 0 Å². The Morgan fingerprint density at radius 3 is 3.33 bits per heavy atom. The van der Waals surface area contributed by atoms with Crippen molar-refractivity contribution >= 4 is 0 Å². The lowest BCUT2D eigenvalue weighted by Gasteiger charge is -2.21. The summed E-state index contributed by atoms with van der Waals surface area (Å²) in [6.45, 7) is 2.95. The highest BCUT2D eigenvalue weighted by Gasteiger charge is 2.15. The average Bonchev–Trinajstić information content (AvgIpc) is 2.05. The lowest BCUT2D eigenvalue weighted by molar-refractivity contribution is 0.461. The number of aromatic nitrogens is 1. The van der Waals surface area contributed by atoms with E-state index in [0.29, 0.717) is 6.04 Å². The molecule has 1 aromatic heterocycles. The molecule has 0 radical (unpaired) electrons. The summed E-state index contributed by atoms with van der Waals surface area (Å²) in [4.78, 5) is 4.18. The van der Waals surface area contributed by atoms with Crippen LogP contribution in [0.5, 0.6) is 5.75 Å². The van der Waals surface area contributed by atoms with Crippen LogP contribution in [0.25, 0.3) is 0 Å². The van der Waals surface area contributed by atoms with Gasteiger partial charge in [0.1, 0.15) is 5.75 Å². The second-order valence-electron chi connectivity index (χ2n) is 3.29. The average molecular weight is 164 g/mol. The molecule has 0 saturated heterocycles. The van der Waals surface area contributed by atoms with Crippen molar-refractivity contribution in [1.29, 1.82) is 0 Å². The Labute approximate surface area is 71.4 Å². The highest BCUT2D eigenvalue weighted by Crippen LogP contribution is 2.18. The maximum absolute atomic E-state index is 9.16. The molecule has 1 aliphatic heterocycles. The smallest absolute Gasteiger partial charge is 0.134 e. The van der Waals surface area contributed by atoms with Crippen LogP contribution in [0.2, 0.25) is 0 Å². The molecule has 1 aromatic rings. The van der Waals surface area contributed by atoms with Crippen LogP contribution in [0.3, 0.4) is 0 Å². The monoisotopic (exact) mass is 164 g/mol. The van der Waals surface area contributed by atoms with E-state index in [1.54, 1.807) is 6.07 Å². The van der Waals surface area contributed by atoms with Crippen molar-refractivity contribution in [3.63, 3.8) is 0 Å². The number of nitrogens with zero attached hydrogens (tertiary/aromatic N) is 1. The third-order valence-corrected chi connectivity index (χ3v) is 2.19. The summed E-state index contributed by atoms with van der Waals surface area (Å²) < 4.78 is 0. The third-order valence-electron chi connectivity index (χ3n) is 2.19. The molecule has 3 heteroatoms. The number of fused-ring (bicyclic) bond motifs is 1. The zero-order chi connectivity index (χ0) is 8.55. The molecule has 0 amide bonds. The van der Waals surface area contributed by atoms with E-state index < -0.39 is 0 Å². The fourth-order valence-electron chi connectivity index (χ4n) is 1.51. The van der Waals surface area contributed by atoms with E-state index in [4.69, 9.17) is 5.11 Å². The van der Waals surface area contributed by atoms with E-state index in [2.05, 4.69) is 17.2 Å². The largest absolute Gasteiger partial charge is 0.506 e. The van der Waals surface area contributed by atoms with Crippen LogP contribution < -0.4 is 5.32 Å². The van der Waals surface area contributed by atoms with Gasteiger partial charge in [-0.1, -0.05) is 0 Å². The fourth-order valence-corrected chi connectivity index (χ4v) is 1.51. The molecule has 0 bridgehead atoms. The fraction of sp³-hybridized carbons (Fsp3) is 0.444. The summed E-state index contributed by atoms with van der Waals surface area (Å²) in [5.41, 5.74) is 2.23. The summed E-state index contributed by atoms with van der Waals surface area (Å²) in [6.07, 6.45) is 2.46. The first kappa shape index (κ1) is 7.55. The first-order valence-corrected chi connectivity index (χ1v) is 4.16. The molecule has 1 atom stereocenters. The third kappa shape index (κ3) is 1.28. The van der Waals surface area contributed by atoms with Crippen LogP contribution in [0.15, 0.2) is 12.3 Å². The molecule has 2 heterocycles. The Morgan fingerprint density at radius 2 is 2.50 bits per heavy atom. The zero-order valence-electron chi connectivity index (χ0n) is 7.04. The predicted molar refractivity (Wildman–Crippen MR) is 45.9 cm³/mol. The molecular formula is C9H12N2O. The van der Waals surface area contributed by atoms with Crippen LogP contribution in [-0.2, 0) is 13.0 Å². The molecule has 2 N–H and O–H groups in total. The SMILES string of the molecule is C[C@@H]1Cc2ncc(O)cc2CN1. The normalized spacial score (nSPS) is 21.9. The van der Waals surface area contributed by atoms with Crippen molar-refractivity contribution in [3.05, 3.63) is 23.5 Å². The molecule has 1 aliphatic rings. The number of rotatable bonds is 0. The molecule has 3 nitrogen and oxygen atoms in total. The van der Waals surface area contributed by atoms with Crippen LogP contribution >= 0.6 is 0 Å². The molecule has 0 aromatic carbocycles. The molecule has 0 spiro atoms. The van der Waals surface area contributed by atoms with Gasteiger partial charge in [0.2, 0.25) is 0 Å². The second kappa shape index (κ2) is 2.75. The number of aromatic hydroxyl groups is 1. The van der Waals surface area contributed by atoms with Gasteiger partial charge in [0.15, 0.2) is 0 Å². The van der Waals surface area contributed by atoms with Gasteiger partial charge in [0, 0.05) is 24.7 Å². The predicted octanol–water partition coefficient (Wildman–Crippen LogP) is 0.821. The minimum atomic E-state index is 0.255. The highest BCUT2D eigenvalue weighted by atomic mass is 16.3. The maximum Gasteiger partial charge on any atom is 0.134 e. The van der Waals surface area contributed by atoms with E-state index in [9.17, 15) is 0 Å². The van der Waals surface area contributed by atoms with Crippen molar-refractivity contribution in [2.24, 2.45) is 0 Å². The number of hydrogen-bond donors (Lipinski definition) is 2. The van der Waals surface area contributed by atoms with Crippen LogP contribution in [-0.4, -0.2) is 16.1 Å². The second-order valence-corrected chi connectivity index (χ2v) is 3.29. The van der Waals surface area contributed by atoms with Crippen LogP contribution in [0.1, 0.15) is 18.2 Å². The van der Waals surface area contributed by atoms with Crippen molar-refractivity contribution in [3.8, 4) is 5.75 Å². The lowest BCUT2D eigenvalue weighted by atomic mass is 10.0. The summed E-state index contributed by atoms with van der Waals surface area (Å²) in [5, 5.41) is 12.5. The van der Waals surface area contributed by atoms with E-state index in [1.807, 2.05) is 0 Å². The number of pyridine rings is 1. The Balaban J connectivity index is 2.37. The van der Waals surface area contributed by atoms with Gasteiger partial charge in [-0.2, -0.15) is 0 Å². The lowest BCUT2D eigenvalue weighted by Crippen LogP contribution is -2.33. The standard InChI is InChI=1S/C9H12N2O/c1-6-2-9-7(4-10-6)3-8(12)5-11-9/h3,5-6,10,12H,2,4H2,1H3/t6-/m1/s1. The van der Waals surface area contributed by atoms with Gasteiger partial charge in [-0.3, -0.25) is 4.98 Å². The Kier molecular flexibility index (Phi) is 1.73. The summed E-state index contributed by atoms with van der Waals surface area (Å²) in [7, 11) is 0. The van der Waals surface area contributed by atoms with E-state index in [1.165, 1.54) is 6.20 Å². The van der Waals surface area contributed by atoms with Gasteiger partial charge < -0.3 is 10.4 Å². The van der Waals surface area contributed by atoms with Gasteiger partial charge in [-0.15, -0.1) is 0 Å². The van der Waals surface area contributed by atoms with Crippen molar-refractivity contribution in [2.45, 2.75) is 25.9 Å². The summed E-state index contributed by atoms with van der Waals surface area (Å²) >= 11 is 0. The molecule has 0 unspecified atom stereocenters. The van der Waals surface area contributed by atoms with Gasteiger partial charge >= 0.3 is 0 Å². The summed E-state index contributed by atoms with van der Waals surface area (Å²) in [5.74, 6) is 0.255. The number of nitrogens with one attached hydrogen (secondary N) is 1. The van der Waals surface area contributed by atoms with Crippen LogP contribution in [0.4, 0.5) is 0 Å². The van der Waals surface area contributed by atoms with Crippen molar-refractivity contribution in [2.75, 3.05) is 0 Å². The van der Waals surface area contributed by atoms with Gasteiger partial charge in [-0.25, -0.2) is 0 Å². The van der Waals surface area contributed by atoms with Crippen molar-refractivity contribution in [1.82, 2.24) is 10.3 Å². The number of hydrogen-bond acceptors (Lipinski definition) is 3. The first-order chi connectivity index (χ1) is 5.75. The van der Waals surface area contributed by atoms with Gasteiger partial charge in [0.05, 0.1) is 6.20 Å².